The van der Waals surface area contributed by atoms with Crippen LogP contribution in [0.4, 0.5) is 13.2 Å². The second kappa shape index (κ2) is 5.24. The van der Waals surface area contributed by atoms with Gasteiger partial charge in [0.15, 0.2) is 0 Å². The van der Waals surface area contributed by atoms with Gasteiger partial charge in [0.1, 0.15) is 17.4 Å². The average Bonchev–Trinajstić information content (AvgIpc) is 2.15. The fourth-order valence-electron chi connectivity index (χ4n) is 1.11. The summed E-state index contributed by atoms with van der Waals surface area (Å²) in [6.45, 7) is 0. The van der Waals surface area contributed by atoms with Gasteiger partial charge in [-0.15, -0.1) is 12.4 Å². The molecule has 0 saturated heterocycles. The summed E-state index contributed by atoms with van der Waals surface area (Å²) in [5.41, 5.74) is 3.86. The van der Waals surface area contributed by atoms with Crippen LogP contribution < -0.4 is 5.73 Å². The second-order valence-corrected chi connectivity index (χ2v) is 3.10. The number of carboxylic acids is 1. The van der Waals surface area contributed by atoms with E-state index in [9.17, 15) is 18.0 Å². The lowest BCUT2D eigenvalue weighted by Crippen LogP contribution is -2.28. The Balaban J connectivity index is 0.00000256. The topological polar surface area (TPSA) is 83.5 Å². The van der Waals surface area contributed by atoms with Crippen LogP contribution in [0, 0.1) is 0 Å². The number of halogens is 4. The van der Waals surface area contributed by atoms with Crippen molar-refractivity contribution in [1.29, 1.82) is 0 Å². The summed E-state index contributed by atoms with van der Waals surface area (Å²) in [6.07, 6.45) is -4.66. The number of hydrogen-bond donors (Lipinski definition) is 3. The molecule has 0 bridgehead atoms. The summed E-state index contributed by atoms with van der Waals surface area (Å²) in [5.74, 6) is -2.13. The van der Waals surface area contributed by atoms with Gasteiger partial charge in [0, 0.05) is 0 Å². The van der Waals surface area contributed by atoms with Crippen molar-refractivity contribution in [1.82, 2.24) is 0 Å². The van der Waals surface area contributed by atoms with Crippen molar-refractivity contribution in [2.45, 2.75) is 12.2 Å². The molecule has 0 aromatic heterocycles. The first-order chi connectivity index (χ1) is 7.23. The number of alkyl halides is 3. The number of carbonyl (C=O) groups is 1. The monoisotopic (exact) mass is 271 g/mol. The molecule has 0 aliphatic carbocycles. The lowest BCUT2D eigenvalue weighted by Gasteiger charge is -2.16. The third-order valence-corrected chi connectivity index (χ3v) is 1.96. The molecule has 4 N–H and O–H groups in total. The molecule has 0 unspecified atom stereocenters. The molecule has 1 aromatic carbocycles. The van der Waals surface area contributed by atoms with E-state index in [1.54, 1.807) is 0 Å². The van der Waals surface area contributed by atoms with Crippen LogP contribution in [0.1, 0.15) is 22.0 Å². The molecule has 0 radical (unpaired) electrons. The molecular formula is C9H9ClF3NO3. The van der Waals surface area contributed by atoms with Crippen LogP contribution in [-0.4, -0.2) is 22.4 Å². The number of phenols is 1. The van der Waals surface area contributed by atoms with Gasteiger partial charge in [-0.25, -0.2) is 4.79 Å². The van der Waals surface area contributed by atoms with Gasteiger partial charge in [-0.1, -0.05) is 6.07 Å². The quantitative estimate of drug-likeness (QED) is 0.769. The number of aromatic hydroxyl groups is 1. The van der Waals surface area contributed by atoms with E-state index in [4.69, 9.17) is 15.9 Å². The molecule has 1 rings (SSSR count). The molecular weight excluding hydrogens is 263 g/mol. The Hall–Kier alpha value is -1.47. The molecule has 0 spiro atoms. The first kappa shape index (κ1) is 15.5. The zero-order valence-electron chi connectivity index (χ0n) is 8.23. The summed E-state index contributed by atoms with van der Waals surface area (Å²) in [6, 6.07) is 0.228. The molecule has 96 valence electrons. The molecule has 1 atom stereocenters. The molecule has 0 saturated carbocycles. The van der Waals surface area contributed by atoms with Crippen molar-refractivity contribution in [2.75, 3.05) is 0 Å². The van der Waals surface area contributed by atoms with Gasteiger partial charge in [0.25, 0.3) is 0 Å². The van der Waals surface area contributed by atoms with Crippen LogP contribution in [0.5, 0.6) is 5.75 Å². The minimum absolute atomic E-state index is 0. The van der Waals surface area contributed by atoms with Crippen LogP contribution in [0.3, 0.4) is 0 Å². The standard InChI is InChI=1S/C9H8F3NO3.ClH/c10-9(11,12)7(13)4-1-2-6(14)5(3-4)8(15)16;/h1-3,7,14H,13H2,(H,15,16);1H/t7-;/m0./s1. The van der Waals surface area contributed by atoms with E-state index >= 15 is 0 Å². The fraction of sp³-hybridized carbons (Fsp3) is 0.222. The van der Waals surface area contributed by atoms with Crippen molar-refractivity contribution < 1.29 is 28.2 Å². The minimum Gasteiger partial charge on any atom is -0.507 e. The molecule has 0 aliphatic heterocycles. The predicted octanol–water partition coefficient (Wildman–Crippen LogP) is 2.07. The molecule has 0 fully saturated rings. The Labute approximate surface area is 100 Å². The van der Waals surface area contributed by atoms with Crippen LogP contribution in [-0.2, 0) is 0 Å². The highest BCUT2D eigenvalue weighted by Gasteiger charge is 2.38. The zero-order chi connectivity index (χ0) is 12.5. The van der Waals surface area contributed by atoms with Gasteiger partial charge in [-0.3, -0.25) is 0 Å². The van der Waals surface area contributed by atoms with Gasteiger partial charge in [-0.2, -0.15) is 13.2 Å². The number of hydrogen-bond acceptors (Lipinski definition) is 3. The summed E-state index contributed by atoms with van der Waals surface area (Å²) in [7, 11) is 0. The number of carboxylic acid groups (broad SMARTS) is 1. The van der Waals surface area contributed by atoms with E-state index in [2.05, 4.69) is 0 Å². The molecule has 17 heavy (non-hydrogen) atoms. The number of nitrogens with two attached hydrogens (primary N) is 1. The first-order valence-corrected chi connectivity index (χ1v) is 4.12. The van der Waals surface area contributed by atoms with E-state index < -0.39 is 35.1 Å². The van der Waals surface area contributed by atoms with E-state index in [0.717, 1.165) is 12.1 Å². The molecule has 0 amide bonds. The number of benzene rings is 1. The van der Waals surface area contributed by atoms with Gasteiger partial charge >= 0.3 is 12.1 Å². The van der Waals surface area contributed by atoms with Crippen molar-refractivity contribution in [3.05, 3.63) is 29.3 Å². The van der Waals surface area contributed by atoms with E-state index in [-0.39, 0.29) is 12.4 Å². The zero-order valence-corrected chi connectivity index (χ0v) is 9.05. The first-order valence-electron chi connectivity index (χ1n) is 4.12. The summed E-state index contributed by atoms with van der Waals surface area (Å²) in [5, 5.41) is 17.7. The van der Waals surface area contributed by atoms with Gasteiger partial charge in [0.2, 0.25) is 0 Å². The highest BCUT2D eigenvalue weighted by Crippen LogP contribution is 2.32. The fourth-order valence-corrected chi connectivity index (χ4v) is 1.11. The van der Waals surface area contributed by atoms with Gasteiger partial charge in [-0.05, 0) is 17.7 Å². The smallest absolute Gasteiger partial charge is 0.407 e. The maximum absolute atomic E-state index is 12.2. The second-order valence-electron chi connectivity index (χ2n) is 3.10. The molecule has 8 heteroatoms. The Morgan fingerprint density at radius 2 is 1.88 bits per heavy atom. The summed E-state index contributed by atoms with van der Waals surface area (Å²) >= 11 is 0. The van der Waals surface area contributed by atoms with Gasteiger partial charge < -0.3 is 15.9 Å². The highest BCUT2D eigenvalue weighted by molar-refractivity contribution is 5.91. The molecule has 1 aromatic rings. The van der Waals surface area contributed by atoms with Crippen LogP contribution in [0.15, 0.2) is 18.2 Å². The minimum atomic E-state index is -4.66. The normalized spacial score (nSPS) is 12.7. The van der Waals surface area contributed by atoms with Crippen molar-refractivity contribution in [3.63, 3.8) is 0 Å². The van der Waals surface area contributed by atoms with Crippen molar-refractivity contribution >= 4 is 18.4 Å². The van der Waals surface area contributed by atoms with E-state index in [0.29, 0.717) is 6.07 Å². The van der Waals surface area contributed by atoms with E-state index in [1.165, 1.54) is 0 Å². The lowest BCUT2D eigenvalue weighted by molar-refractivity contribution is -0.149. The van der Waals surface area contributed by atoms with Gasteiger partial charge in [0.05, 0.1) is 0 Å². The SMILES string of the molecule is Cl.N[C@@H](c1ccc(O)c(C(=O)O)c1)C(F)(F)F. The Bertz CT molecular complexity index is 422. The number of aromatic carboxylic acids is 1. The van der Waals surface area contributed by atoms with Crippen molar-refractivity contribution in [2.24, 2.45) is 5.73 Å². The third kappa shape index (κ3) is 3.50. The Morgan fingerprint density at radius 3 is 2.29 bits per heavy atom. The molecule has 4 nitrogen and oxygen atoms in total. The Morgan fingerprint density at radius 1 is 1.35 bits per heavy atom. The maximum Gasteiger partial charge on any atom is 0.407 e. The Kier molecular flexibility index (Phi) is 4.79. The van der Waals surface area contributed by atoms with Crippen LogP contribution in [0.2, 0.25) is 0 Å². The van der Waals surface area contributed by atoms with Crippen LogP contribution in [0.25, 0.3) is 0 Å². The summed E-state index contributed by atoms with van der Waals surface area (Å²) in [4.78, 5) is 10.6. The largest absolute Gasteiger partial charge is 0.507 e. The van der Waals surface area contributed by atoms with Crippen LogP contribution >= 0.6 is 12.4 Å². The van der Waals surface area contributed by atoms with E-state index in [1.807, 2.05) is 0 Å². The highest BCUT2D eigenvalue weighted by atomic mass is 35.5. The maximum atomic E-state index is 12.2. The average molecular weight is 272 g/mol. The van der Waals surface area contributed by atoms with Crippen molar-refractivity contribution in [3.8, 4) is 5.75 Å². The molecule has 0 aliphatic rings. The summed E-state index contributed by atoms with van der Waals surface area (Å²) < 4.78 is 36.7. The number of rotatable bonds is 2. The third-order valence-electron chi connectivity index (χ3n) is 1.96. The lowest BCUT2D eigenvalue weighted by atomic mass is 10.0. The predicted molar refractivity (Wildman–Crippen MR) is 55.3 cm³/mol. The molecule has 0 heterocycles.